The second kappa shape index (κ2) is 18.5. The van der Waals surface area contributed by atoms with E-state index < -0.39 is 41.5 Å². The Kier molecular flexibility index (Phi) is 12.1. The van der Waals surface area contributed by atoms with Gasteiger partial charge in [0.05, 0.1) is 32.0 Å². The Labute approximate surface area is 385 Å². The Morgan fingerprint density at radius 2 is 1.08 bits per heavy atom. The number of nitrogens with zero attached hydrogens (tertiary/aromatic N) is 5. The third kappa shape index (κ3) is 7.47. The molecule has 0 amide bonds. The van der Waals surface area contributed by atoms with Gasteiger partial charge in [-0.2, -0.15) is 0 Å². The first-order chi connectivity index (χ1) is 32.5. The summed E-state index contributed by atoms with van der Waals surface area (Å²) in [5.74, 6) is 1.96. The number of hydrogen-bond acceptors (Lipinski definition) is 10. The maximum absolute atomic E-state index is 13.4. The van der Waals surface area contributed by atoms with Gasteiger partial charge in [0, 0.05) is 0 Å². The first kappa shape index (κ1) is 43.0. The third-order valence-corrected chi connectivity index (χ3v) is 13.7. The van der Waals surface area contributed by atoms with Crippen LogP contribution in [0.5, 0.6) is 11.5 Å². The van der Waals surface area contributed by atoms with Crippen molar-refractivity contribution in [2.75, 3.05) is 32.6 Å². The number of aliphatic hydroxyl groups excluding tert-OH is 2. The molecule has 8 aromatic rings. The van der Waals surface area contributed by atoms with Crippen molar-refractivity contribution in [3.63, 3.8) is 0 Å². The van der Waals surface area contributed by atoms with Crippen LogP contribution in [-0.4, -0.2) is 86.3 Å². The van der Waals surface area contributed by atoms with Gasteiger partial charge in [-0.05, 0) is 83.6 Å². The zero-order valence-corrected chi connectivity index (χ0v) is 37.1. The van der Waals surface area contributed by atoms with E-state index in [4.69, 9.17) is 29.2 Å². The van der Waals surface area contributed by atoms with Gasteiger partial charge in [0.15, 0.2) is 23.2 Å². The van der Waals surface area contributed by atoms with Crippen molar-refractivity contribution in [2.45, 2.75) is 60.8 Å². The van der Waals surface area contributed by atoms with Crippen LogP contribution in [0.4, 0.5) is 5.82 Å². The van der Waals surface area contributed by atoms with E-state index >= 15 is 0 Å². The maximum atomic E-state index is 13.4. The highest BCUT2D eigenvalue weighted by atomic mass is 16.5. The van der Waals surface area contributed by atoms with Crippen molar-refractivity contribution >= 4 is 17.0 Å². The summed E-state index contributed by atoms with van der Waals surface area (Å²) in [6.07, 6.45) is 2.15. The fourth-order valence-electron chi connectivity index (χ4n) is 10.5. The van der Waals surface area contributed by atoms with Crippen LogP contribution >= 0.6 is 0 Å². The van der Waals surface area contributed by atoms with Crippen LogP contribution in [-0.2, 0) is 15.7 Å². The minimum absolute atomic E-state index is 0.513. The lowest BCUT2D eigenvalue weighted by Gasteiger charge is -2.43. The lowest BCUT2D eigenvalue weighted by molar-refractivity contribution is -0.0967. The topological polar surface area (TPSA) is 127 Å². The van der Waals surface area contributed by atoms with Crippen molar-refractivity contribution < 1.29 is 24.4 Å². The number of hydrogen-bond donors (Lipinski definition) is 3. The molecule has 5 atom stereocenters. The van der Waals surface area contributed by atoms with Gasteiger partial charge in [0.25, 0.3) is 0 Å². The highest BCUT2D eigenvalue weighted by Gasteiger charge is 2.57. The van der Waals surface area contributed by atoms with Crippen LogP contribution in [0.3, 0.4) is 0 Å². The molecule has 11 nitrogen and oxygen atoms in total. The molecule has 2 saturated heterocycles. The number of rotatable bonds is 14. The predicted octanol–water partition coefficient (Wildman–Crippen LogP) is 8.76. The van der Waals surface area contributed by atoms with Gasteiger partial charge in [-0.1, -0.05) is 152 Å². The van der Waals surface area contributed by atoms with Gasteiger partial charge in [0.1, 0.15) is 41.7 Å². The van der Waals surface area contributed by atoms with Crippen LogP contribution in [0.1, 0.15) is 58.9 Å². The van der Waals surface area contributed by atoms with E-state index in [-0.39, 0.29) is 0 Å². The number of fused-ring (bicyclic) bond motifs is 1. The van der Waals surface area contributed by atoms with E-state index in [9.17, 15) is 10.2 Å². The smallest absolute Gasteiger partial charge is 0.167 e. The molecule has 0 radical (unpaired) electrons. The number of benzene rings is 6. The third-order valence-electron chi connectivity index (χ3n) is 13.7. The van der Waals surface area contributed by atoms with Gasteiger partial charge in [-0.15, -0.1) is 0 Å². The summed E-state index contributed by atoms with van der Waals surface area (Å²) in [6.45, 7) is 1.55. The van der Waals surface area contributed by atoms with Gasteiger partial charge in [0.2, 0.25) is 0 Å². The summed E-state index contributed by atoms with van der Waals surface area (Å²) >= 11 is 0. The molecule has 4 heterocycles. The average Bonchev–Trinajstić information content (AvgIpc) is 3.98. The number of imidazole rings is 1. The number of aliphatic hydroxyl groups is 2. The Hall–Kier alpha value is -6.89. The van der Waals surface area contributed by atoms with Crippen molar-refractivity contribution in [2.24, 2.45) is 0 Å². The first-order valence-electron chi connectivity index (χ1n) is 22.7. The summed E-state index contributed by atoms with van der Waals surface area (Å²) in [5.41, 5.74) is 4.46. The van der Waals surface area contributed by atoms with Gasteiger partial charge in [-0.3, -0.25) is 9.47 Å². The number of piperidine rings is 1. The molecule has 3 N–H and O–H groups in total. The molecule has 0 saturated carbocycles. The van der Waals surface area contributed by atoms with Crippen molar-refractivity contribution in [1.82, 2.24) is 24.4 Å². The van der Waals surface area contributed by atoms with Gasteiger partial charge < -0.3 is 29.7 Å². The minimum Gasteiger partial charge on any atom is -0.497 e. The fraction of sp³-hybridized carbons (Fsp3) is 0.255. The van der Waals surface area contributed by atoms with Crippen LogP contribution in [0.2, 0.25) is 0 Å². The quantitative estimate of drug-likeness (QED) is 0.0914. The number of ether oxygens (including phenoxy) is 3. The van der Waals surface area contributed by atoms with Crippen LogP contribution < -0.4 is 14.8 Å². The summed E-state index contributed by atoms with van der Waals surface area (Å²) in [4.78, 5) is 17.1. The number of likely N-dealkylation sites (tertiary alicyclic amines) is 1. The first-order valence-corrected chi connectivity index (χ1v) is 22.7. The summed E-state index contributed by atoms with van der Waals surface area (Å²) < 4.78 is 20.3. The lowest BCUT2D eigenvalue weighted by Crippen LogP contribution is -2.54. The molecule has 11 heteroatoms. The van der Waals surface area contributed by atoms with Gasteiger partial charge >= 0.3 is 0 Å². The molecule has 334 valence electrons. The molecule has 66 heavy (non-hydrogen) atoms. The van der Waals surface area contributed by atoms with Gasteiger partial charge in [-0.25, -0.2) is 15.0 Å². The zero-order chi connectivity index (χ0) is 45.1. The van der Waals surface area contributed by atoms with Crippen LogP contribution in [0.25, 0.3) is 11.2 Å². The Morgan fingerprint density at radius 1 is 0.606 bits per heavy atom. The molecule has 6 aromatic carbocycles. The molecule has 2 fully saturated rings. The fourth-order valence-corrected chi connectivity index (χ4v) is 10.5. The minimum atomic E-state index is -1.27. The van der Waals surface area contributed by atoms with Crippen LogP contribution in [0, 0.1) is 0 Å². The van der Waals surface area contributed by atoms with E-state index in [1.54, 1.807) is 26.9 Å². The molecule has 1 unspecified atom stereocenters. The highest BCUT2D eigenvalue weighted by Crippen LogP contribution is 2.49. The van der Waals surface area contributed by atoms with Crippen molar-refractivity contribution in [1.29, 1.82) is 0 Å². The summed E-state index contributed by atoms with van der Waals surface area (Å²) in [5, 5.41) is 30.2. The molecular weight excluding hydrogens is 825 g/mol. The highest BCUT2D eigenvalue weighted by molar-refractivity contribution is 5.84. The Morgan fingerprint density at radius 3 is 1.59 bits per heavy atom. The Bertz CT molecular complexity index is 2750. The lowest BCUT2D eigenvalue weighted by atomic mass is 9.64. The maximum Gasteiger partial charge on any atom is 0.167 e. The van der Waals surface area contributed by atoms with Crippen LogP contribution in [0.15, 0.2) is 183 Å². The molecule has 0 aliphatic carbocycles. The SMILES string of the molecule is COc1ccc(C(Nc2ncnc3c2ncn3[C@@H]2O[C@H](C(O)C(c3ccccc3)(c3ccccc3)c3ccc(OC)cc3)[C@@H](O)[C@H]2N2CCCCC2)(c2ccccc2)c2ccccc2)cc1. The predicted molar refractivity (Wildman–Crippen MR) is 256 cm³/mol. The number of aromatic nitrogens is 4. The second-order valence-electron chi connectivity index (χ2n) is 17.2. The monoisotopic (exact) mass is 878 g/mol. The number of methoxy groups -OCH3 is 2. The molecule has 10 rings (SSSR count). The van der Waals surface area contributed by atoms with E-state index in [0.717, 1.165) is 71.5 Å². The second-order valence-corrected chi connectivity index (χ2v) is 17.2. The largest absolute Gasteiger partial charge is 0.497 e. The molecule has 2 aliphatic rings. The Balaban J connectivity index is 1.11. The van der Waals surface area contributed by atoms with Crippen molar-refractivity contribution in [3.05, 3.63) is 216 Å². The number of anilines is 1. The average molecular weight is 879 g/mol. The van der Waals surface area contributed by atoms with E-state index in [1.807, 2.05) is 138 Å². The van der Waals surface area contributed by atoms with E-state index in [2.05, 4.69) is 46.6 Å². The molecular formula is C55H54N6O5. The standard InChI is InChI=1S/C55H54N6O5/c1-64-44-30-26-40(27-31-44)54(38-18-8-3-9-19-38,39-20-10-4-11-21-39)50(63)49-48(62)47(60-34-16-7-17-35-60)53(66-49)61-37-58-46-51(56-36-57-52(46)61)59-55(41-22-12-5-13-23-41,42-24-14-6-15-25-42)43-28-32-45(65-2)33-29-43/h3-6,8-15,18-33,36-37,47-50,53,62-63H,7,16-17,34-35H2,1-2H3,(H,56,57,59)/t47-,48+,49+,50?,53-/m1/s1. The van der Waals surface area contributed by atoms with E-state index in [0.29, 0.717) is 22.7 Å². The van der Waals surface area contributed by atoms with E-state index in [1.165, 1.54) is 0 Å². The molecule has 0 bridgehead atoms. The number of nitrogens with one attached hydrogen (secondary N) is 1. The summed E-state index contributed by atoms with van der Waals surface area (Å²) in [7, 11) is 3.31. The zero-order valence-electron chi connectivity index (χ0n) is 37.1. The normalized spacial score (nSPS) is 19.6. The summed E-state index contributed by atoms with van der Waals surface area (Å²) in [6, 6.07) is 56.0. The molecule has 2 aliphatic heterocycles. The molecule has 2 aromatic heterocycles. The van der Waals surface area contributed by atoms with Crippen molar-refractivity contribution in [3.8, 4) is 11.5 Å². The molecule has 0 spiro atoms.